The van der Waals surface area contributed by atoms with Gasteiger partial charge < -0.3 is 15.2 Å². The van der Waals surface area contributed by atoms with Gasteiger partial charge in [0.1, 0.15) is 0 Å². The second kappa shape index (κ2) is 18.2. The average Bonchev–Trinajstić information content (AvgIpc) is 2.54. The van der Waals surface area contributed by atoms with E-state index in [1.807, 2.05) is 7.05 Å². The van der Waals surface area contributed by atoms with Crippen LogP contribution in [0.25, 0.3) is 0 Å². The molecule has 2 atom stereocenters. The highest BCUT2D eigenvalue weighted by molar-refractivity contribution is 4.62. The Morgan fingerprint density at radius 3 is 1.87 bits per heavy atom. The zero-order valence-corrected chi connectivity index (χ0v) is 16.1. The minimum Gasteiger partial charge on any atom is -0.389 e. The lowest BCUT2D eigenvalue weighted by molar-refractivity contribution is 0.0189. The van der Waals surface area contributed by atoms with Crippen molar-refractivity contribution in [3.05, 3.63) is 0 Å². The third-order valence-electron chi connectivity index (χ3n) is 4.54. The topological polar surface area (TPSA) is 41.5 Å². The molecule has 140 valence electrons. The fraction of sp³-hybridized carbons (Fsp3) is 1.00. The van der Waals surface area contributed by atoms with Crippen molar-refractivity contribution in [1.29, 1.82) is 0 Å². The largest absolute Gasteiger partial charge is 0.389 e. The van der Waals surface area contributed by atoms with Gasteiger partial charge >= 0.3 is 0 Å². The predicted molar refractivity (Wildman–Crippen MR) is 101 cm³/mol. The van der Waals surface area contributed by atoms with Crippen molar-refractivity contribution in [3.8, 4) is 0 Å². The van der Waals surface area contributed by atoms with E-state index in [4.69, 9.17) is 4.74 Å². The van der Waals surface area contributed by atoms with E-state index in [1.165, 1.54) is 77.0 Å². The van der Waals surface area contributed by atoms with E-state index in [0.717, 1.165) is 6.61 Å². The number of rotatable bonds is 18. The maximum Gasteiger partial charge on any atom is 0.0897 e. The number of ether oxygens (including phenoxy) is 1. The molecule has 0 amide bonds. The summed E-state index contributed by atoms with van der Waals surface area (Å²) in [6.45, 7) is 6.43. The van der Waals surface area contributed by atoms with Crippen LogP contribution < -0.4 is 5.32 Å². The Labute approximate surface area is 145 Å². The number of aliphatic hydroxyl groups excluding tert-OH is 1. The summed E-state index contributed by atoms with van der Waals surface area (Å²) < 4.78 is 5.77. The highest BCUT2D eigenvalue weighted by Crippen LogP contribution is 2.19. The number of hydrogen-bond donors (Lipinski definition) is 2. The van der Waals surface area contributed by atoms with Crippen LogP contribution in [0.3, 0.4) is 0 Å². The first-order valence-corrected chi connectivity index (χ1v) is 10.1. The lowest BCUT2D eigenvalue weighted by atomic mass is 9.95. The molecule has 0 aliphatic heterocycles. The Kier molecular flexibility index (Phi) is 18.1. The van der Waals surface area contributed by atoms with Crippen LogP contribution in [0.4, 0.5) is 0 Å². The van der Waals surface area contributed by atoms with E-state index in [2.05, 4.69) is 19.2 Å². The van der Waals surface area contributed by atoms with Crippen LogP contribution in [0, 0.1) is 5.92 Å². The maximum absolute atomic E-state index is 9.72. The van der Waals surface area contributed by atoms with Crippen LogP contribution in [-0.2, 0) is 4.74 Å². The van der Waals surface area contributed by atoms with Crippen molar-refractivity contribution in [2.75, 3.05) is 26.8 Å². The summed E-state index contributed by atoms with van der Waals surface area (Å²) in [6.07, 6.45) is 15.7. The van der Waals surface area contributed by atoms with E-state index < -0.39 is 0 Å². The SMILES string of the molecule is CCCCCCCCC(CCCCCC)COCC(O)CNC. The van der Waals surface area contributed by atoms with Crippen LogP contribution in [0.5, 0.6) is 0 Å². The summed E-state index contributed by atoms with van der Waals surface area (Å²) in [7, 11) is 1.86. The summed E-state index contributed by atoms with van der Waals surface area (Å²) in [4.78, 5) is 0. The quantitative estimate of drug-likeness (QED) is 0.351. The molecule has 0 saturated carbocycles. The first-order chi connectivity index (χ1) is 11.2. The molecule has 0 radical (unpaired) electrons. The third-order valence-corrected chi connectivity index (χ3v) is 4.54. The molecule has 2 unspecified atom stereocenters. The van der Waals surface area contributed by atoms with Crippen molar-refractivity contribution in [2.45, 2.75) is 97.0 Å². The third kappa shape index (κ3) is 16.5. The molecular formula is C20H43NO2. The second-order valence-electron chi connectivity index (χ2n) is 7.02. The minimum atomic E-state index is -0.380. The number of likely N-dealkylation sites (N-methyl/N-ethyl adjacent to an activating group) is 1. The Hall–Kier alpha value is -0.120. The zero-order chi connectivity index (χ0) is 17.2. The van der Waals surface area contributed by atoms with Gasteiger partial charge in [-0.25, -0.2) is 0 Å². The van der Waals surface area contributed by atoms with Crippen molar-refractivity contribution in [2.24, 2.45) is 5.92 Å². The molecule has 0 aromatic rings. The summed E-state index contributed by atoms with van der Waals surface area (Å²) in [6, 6.07) is 0. The molecule has 23 heavy (non-hydrogen) atoms. The molecule has 0 aliphatic carbocycles. The van der Waals surface area contributed by atoms with Gasteiger partial charge in [0, 0.05) is 13.2 Å². The lowest BCUT2D eigenvalue weighted by Crippen LogP contribution is -2.28. The molecule has 0 bridgehead atoms. The lowest BCUT2D eigenvalue weighted by Gasteiger charge is -2.18. The molecule has 0 spiro atoms. The van der Waals surface area contributed by atoms with Gasteiger partial charge in [0.2, 0.25) is 0 Å². The normalized spacial score (nSPS) is 14.1. The van der Waals surface area contributed by atoms with Gasteiger partial charge in [-0.2, -0.15) is 0 Å². The summed E-state index contributed by atoms with van der Waals surface area (Å²) in [5.41, 5.74) is 0. The van der Waals surface area contributed by atoms with Gasteiger partial charge in [0.15, 0.2) is 0 Å². The predicted octanol–water partition coefficient (Wildman–Crippen LogP) is 4.92. The molecule has 0 aromatic carbocycles. The smallest absolute Gasteiger partial charge is 0.0897 e. The number of nitrogens with one attached hydrogen (secondary N) is 1. The van der Waals surface area contributed by atoms with Gasteiger partial charge in [-0.15, -0.1) is 0 Å². The van der Waals surface area contributed by atoms with Crippen LogP contribution >= 0.6 is 0 Å². The Morgan fingerprint density at radius 2 is 1.30 bits per heavy atom. The first kappa shape index (κ1) is 22.9. The summed E-state index contributed by atoms with van der Waals surface area (Å²) >= 11 is 0. The first-order valence-electron chi connectivity index (χ1n) is 10.1. The van der Waals surface area contributed by atoms with Gasteiger partial charge in [-0.1, -0.05) is 78.1 Å². The van der Waals surface area contributed by atoms with Crippen LogP contribution in [0.2, 0.25) is 0 Å². The van der Waals surface area contributed by atoms with Crippen LogP contribution in [0.1, 0.15) is 90.9 Å². The highest BCUT2D eigenvalue weighted by Gasteiger charge is 2.10. The van der Waals surface area contributed by atoms with Crippen molar-refractivity contribution in [1.82, 2.24) is 5.32 Å². The monoisotopic (exact) mass is 329 g/mol. The Bertz CT molecular complexity index is 224. The fourth-order valence-corrected chi connectivity index (χ4v) is 3.05. The molecule has 0 aliphatic rings. The number of hydrogen-bond acceptors (Lipinski definition) is 3. The molecule has 0 aromatic heterocycles. The van der Waals surface area contributed by atoms with Gasteiger partial charge in [-0.05, 0) is 25.8 Å². The molecule has 3 nitrogen and oxygen atoms in total. The number of aliphatic hydroxyl groups is 1. The second-order valence-corrected chi connectivity index (χ2v) is 7.02. The fourth-order valence-electron chi connectivity index (χ4n) is 3.05. The van der Waals surface area contributed by atoms with Crippen molar-refractivity contribution >= 4 is 0 Å². The molecule has 0 saturated heterocycles. The van der Waals surface area contributed by atoms with Crippen molar-refractivity contribution in [3.63, 3.8) is 0 Å². The van der Waals surface area contributed by atoms with Gasteiger partial charge in [-0.3, -0.25) is 0 Å². The maximum atomic E-state index is 9.72. The minimum absolute atomic E-state index is 0.380. The molecule has 3 heteroatoms. The summed E-state index contributed by atoms with van der Waals surface area (Å²) in [5.74, 6) is 0.680. The molecular weight excluding hydrogens is 286 g/mol. The standard InChI is InChI=1S/C20H43NO2/c1-4-6-8-10-11-13-15-19(14-12-9-7-5-2)17-23-18-20(22)16-21-3/h19-22H,4-18H2,1-3H3. The molecule has 0 fully saturated rings. The number of unbranched alkanes of at least 4 members (excludes halogenated alkanes) is 8. The van der Waals surface area contributed by atoms with Gasteiger partial charge in [0.05, 0.1) is 12.7 Å². The summed E-state index contributed by atoms with van der Waals surface area (Å²) in [5, 5.41) is 12.7. The van der Waals surface area contributed by atoms with E-state index >= 15 is 0 Å². The van der Waals surface area contributed by atoms with E-state index in [-0.39, 0.29) is 6.10 Å². The highest BCUT2D eigenvalue weighted by atomic mass is 16.5. The van der Waals surface area contributed by atoms with E-state index in [9.17, 15) is 5.11 Å². The van der Waals surface area contributed by atoms with Crippen LogP contribution in [0.15, 0.2) is 0 Å². The van der Waals surface area contributed by atoms with E-state index in [1.54, 1.807) is 0 Å². The zero-order valence-electron chi connectivity index (χ0n) is 16.1. The van der Waals surface area contributed by atoms with Crippen LogP contribution in [-0.4, -0.2) is 38.0 Å². The molecule has 0 rings (SSSR count). The van der Waals surface area contributed by atoms with Gasteiger partial charge in [0.25, 0.3) is 0 Å². The Morgan fingerprint density at radius 1 is 0.783 bits per heavy atom. The average molecular weight is 330 g/mol. The van der Waals surface area contributed by atoms with E-state index in [0.29, 0.717) is 19.1 Å². The molecule has 0 heterocycles. The molecule has 2 N–H and O–H groups in total. The Balaban J connectivity index is 3.83. The van der Waals surface area contributed by atoms with Crippen molar-refractivity contribution < 1.29 is 9.84 Å².